The monoisotopic (exact) mass is 323 g/mol. The molecule has 1 saturated carbocycles. The van der Waals surface area contributed by atoms with Crippen LogP contribution in [-0.2, 0) is 11.2 Å². The Morgan fingerprint density at radius 3 is 2.47 bits per heavy atom. The number of hydrogen-bond acceptors (Lipinski definition) is 1. The predicted molar refractivity (Wildman–Crippen MR) is 82.6 cm³/mol. The second-order valence-corrected chi connectivity index (χ2v) is 6.88. The van der Waals surface area contributed by atoms with Gasteiger partial charge in [0.2, 0.25) is 5.91 Å². The van der Waals surface area contributed by atoms with E-state index >= 15 is 0 Å². The van der Waals surface area contributed by atoms with Gasteiger partial charge in [0.1, 0.15) is 0 Å². The van der Waals surface area contributed by atoms with Crippen molar-refractivity contribution >= 4 is 21.8 Å². The van der Waals surface area contributed by atoms with E-state index in [4.69, 9.17) is 0 Å². The molecule has 0 unspecified atom stereocenters. The van der Waals surface area contributed by atoms with E-state index < -0.39 is 0 Å². The Morgan fingerprint density at radius 1 is 1.21 bits per heavy atom. The molecule has 1 aliphatic carbocycles. The van der Waals surface area contributed by atoms with Gasteiger partial charge >= 0.3 is 0 Å². The van der Waals surface area contributed by atoms with Crippen LogP contribution in [0.2, 0.25) is 0 Å². The normalized spacial score (nSPS) is 23.1. The topological polar surface area (TPSA) is 29.1 Å². The summed E-state index contributed by atoms with van der Waals surface area (Å²) in [5, 5.41) is 3.08. The Kier molecular flexibility index (Phi) is 5.44. The van der Waals surface area contributed by atoms with Crippen molar-refractivity contribution in [2.45, 2.75) is 43.9 Å². The maximum Gasteiger partial charge on any atom is 0.224 e. The number of alkyl halides is 1. The van der Waals surface area contributed by atoms with E-state index in [1.807, 2.05) is 12.1 Å². The second kappa shape index (κ2) is 7.09. The van der Waals surface area contributed by atoms with Crippen molar-refractivity contribution in [2.75, 3.05) is 6.54 Å². The molecule has 0 bridgehead atoms. The molecule has 2 nitrogen and oxygen atoms in total. The van der Waals surface area contributed by atoms with Crippen LogP contribution in [0.25, 0.3) is 0 Å². The fourth-order valence-electron chi connectivity index (χ4n) is 2.54. The van der Waals surface area contributed by atoms with Crippen LogP contribution in [0.3, 0.4) is 0 Å². The molecule has 0 aromatic heterocycles. The lowest BCUT2D eigenvalue weighted by Gasteiger charge is -2.25. The van der Waals surface area contributed by atoms with Crippen LogP contribution in [0, 0.1) is 12.8 Å². The fourth-order valence-corrected chi connectivity index (χ4v) is 3.07. The van der Waals surface area contributed by atoms with E-state index in [2.05, 4.69) is 40.3 Å². The third-order valence-corrected chi connectivity index (χ3v) is 4.77. The number of aryl methyl sites for hydroxylation is 1. The van der Waals surface area contributed by atoms with Crippen molar-refractivity contribution in [3.8, 4) is 0 Å². The maximum atomic E-state index is 11.9. The van der Waals surface area contributed by atoms with Gasteiger partial charge in [0.05, 0.1) is 6.42 Å². The van der Waals surface area contributed by atoms with Gasteiger partial charge in [-0.3, -0.25) is 4.79 Å². The number of hydrogen-bond donors (Lipinski definition) is 1. The fraction of sp³-hybridized carbons (Fsp3) is 0.562. The van der Waals surface area contributed by atoms with Crippen molar-refractivity contribution in [3.05, 3.63) is 35.4 Å². The molecule has 1 aromatic rings. The van der Waals surface area contributed by atoms with Crippen molar-refractivity contribution in [1.29, 1.82) is 0 Å². The summed E-state index contributed by atoms with van der Waals surface area (Å²) in [6, 6.07) is 8.18. The number of carbonyl (C=O) groups is 1. The number of nitrogens with one attached hydrogen (secondary N) is 1. The van der Waals surface area contributed by atoms with Crippen LogP contribution in [0.5, 0.6) is 0 Å². The minimum atomic E-state index is 0.143. The van der Waals surface area contributed by atoms with Gasteiger partial charge in [-0.05, 0) is 44.1 Å². The zero-order valence-electron chi connectivity index (χ0n) is 11.5. The molecular weight excluding hydrogens is 302 g/mol. The van der Waals surface area contributed by atoms with Gasteiger partial charge in [-0.2, -0.15) is 0 Å². The highest BCUT2D eigenvalue weighted by Gasteiger charge is 2.19. The Bertz CT molecular complexity index is 407. The Balaban J connectivity index is 1.71. The zero-order chi connectivity index (χ0) is 13.7. The molecule has 3 heteroatoms. The van der Waals surface area contributed by atoms with Crippen molar-refractivity contribution < 1.29 is 4.79 Å². The van der Waals surface area contributed by atoms with E-state index in [9.17, 15) is 4.79 Å². The van der Waals surface area contributed by atoms with Crippen LogP contribution in [0.4, 0.5) is 0 Å². The largest absolute Gasteiger partial charge is 0.356 e. The standard InChI is InChI=1S/C16H22BrNO/c1-12-2-4-13(5-3-12)10-16(19)18-11-14-6-8-15(17)9-7-14/h2-5,14-15H,6-11H2,1H3,(H,18,19). The van der Waals surface area contributed by atoms with E-state index in [1.165, 1.54) is 31.2 Å². The quantitative estimate of drug-likeness (QED) is 0.842. The Hall–Kier alpha value is -0.830. The van der Waals surface area contributed by atoms with Gasteiger partial charge < -0.3 is 5.32 Å². The average molecular weight is 324 g/mol. The molecule has 1 fully saturated rings. The molecule has 2 rings (SSSR count). The maximum absolute atomic E-state index is 11.9. The summed E-state index contributed by atoms with van der Waals surface area (Å²) in [5.41, 5.74) is 2.32. The number of halogens is 1. The van der Waals surface area contributed by atoms with Crippen molar-refractivity contribution in [2.24, 2.45) is 5.92 Å². The van der Waals surface area contributed by atoms with Gasteiger partial charge in [-0.25, -0.2) is 0 Å². The molecule has 1 aromatic carbocycles. The first kappa shape index (κ1) is 14.6. The summed E-state index contributed by atoms with van der Waals surface area (Å²) in [4.78, 5) is 12.6. The molecule has 1 amide bonds. The van der Waals surface area contributed by atoms with Crippen LogP contribution < -0.4 is 5.32 Å². The lowest BCUT2D eigenvalue weighted by Crippen LogP contribution is -2.32. The predicted octanol–water partition coefficient (Wildman–Crippen LogP) is 3.61. The summed E-state index contributed by atoms with van der Waals surface area (Å²) >= 11 is 3.66. The third-order valence-electron chi connectivity index (χ3n) is 3.85. The summed E-state index contributed by atoms with van der Waals surface area (Å²) < 4.78 is 0. The lowest BCUT2D eigenvalue weighted by atomic mass is 9.89. The van der Waals surface area contributed by atoms with Crippen LogP contribution in [0.15, 0.2) is 24.3 Å². The van der Waals surface area contributed by atoms with E-state index in [-0.39, 0.29) is 5.91 Å². The molecule has 0 heterocycles. The summed E-state index contributed by atoms with van der Waals surface area (Å²) in [7, 11) is 0. The first-order valence-corrected chi connectivity index (χ1v) is 8.01. The number of carbonyl (C=O) groups excluding carboxylic acids is 1. The SMILES string of the molecule is Cc1ccc(CC(=O)NCC2CCC(Br)CC2)cc1. The Labute approximate surface area is 124 Å². The summed E-state index contributed by atoms with van der Waals surface area (Å²) in [5.74, 6) is 0.806. The summed E-state index contributed by atoms with van der Waals surface area (Å²) in [6.07, 6.45) is 5.41. The van der Waals surface area contributed by atoms with Crippen LogP contribution in [0.1, 0.15) is 36.8 Å². The molecule has 19 heavy (non-hydrogen) atoms. The van der Waals surface area contributed by atoms with Crippen LogP contribution >= 0.6 is 15.9 Å². The molecule has 0 aliphatic heterocycles. The summed E-state index contributed by atoms with van der Waals surface area (Å²) in [6.45, 7) is 2.90. The first-order chi connectivity index (χ1) is 9.13. The minimum absolute atomic E-state index is 0.143. The molecule has 104 valence electrons. The van der Waals surface area contributed by atoms with Gasteiger partial charge in [0, 0.05) is 11.4 Å². The highest BCUT2D eigenvalue weighted by molar-refractivity contribution is 9.09. The zero-order valence-corrected chi connectivity index (χ0v) is 13.1. The molecule has 1 N–H and O–H groups in total. The highest BCUT2D eigenvalue weighted by atomic mass is 79.9. The molecule has 0 saturated heterocycles. The van der Waals surface area contributed by atoms with E-state index in [0.29, 0.717) is 17.2 Å². The second-order valence-electron chi connectivity index (χ2n) is 5.58. The van der Waals surface area contributed by atoms with E-state index in [0.717, 1.165) is 12.1 Å². The molecule has 1 aliphatic rings. The van der Waals surface area contributed by atoms with Gasteiger partial charge in [0.15, 0.2) is 0 Å². The van der Waals surface area contributed by atoms with Crippen molar-refractivity contribution in [3.63, 3.8) is 0 Å². The number of benzene rings is 1. The number of amides is 1. The first-order valence-electron chi connectivity index (χ1n) is 7.10. The van der Waals surface area contributed by atoms with Gasteiger partial charge in [-0.15, -0.1) is 0 Å². The lowest BCUT2D eigenvalue weighted by molar-refractivity contribution is -0.120. The minimum Gasteiger partial charge on any atom is -0.356 e. The molecule has 0 spiro atoms. The Morgan fingerprint density at radius 2 is 1.84 bits per heavy atom. The van der Waals surface area contributed by atoms with E-state index in [1.54, 1.807) is 0 Å². The molecule has 0 radical (unpaired) electrons. The smallest absolute Gasteiger partial charge is 0.224 e. The highest BCUT2D eigenvalue weighted by Crippen LogP contribution is 2.28. The third kappa shape index (κ3) is 4.98. The molecular formula is C16H22BrNO. The number of rotatable bonds is 4. The van der Waals surface area contributed by atoms with Gasteiger partial charge in [-0.1, -0.05) is 45.8 Å². The van der Waals surface area contributed by atoms with Gasteiger partial charge in [0.25, 0.3) is 0 Å². The molecule has 0 atom stereocenters. The van der Waals surface area contributed by atoms with Crippen molar-refractivity contribution in [1.82, 2.24) is 5.32 Å². The average Bonchev–Trinajstić information content (AvgIpc) is 2.41. The van der Waals surface area contributed by atoms with Crippen LogP contribution in [-0.4, -0.2) is 17.3 Å².